The molecule has 0 bridgehead atoms. The van der Waals surface area contributed by atoms with Crippen LogP contribution in [0.4, 0.5) is 0 Å². The summed E-state index contributed by atoms with van der Waals surface area (Å²) in [6, 6.07) is 5.54. The first-order chi connectivity index (χ1) is 11.0. The molecule has 0 aliphatic carbocycles. The Morgan fingerprint density at radius 2 is 2.00 bits per heavy atom. The molecule has 7 heteroatoms. The SMILES string of the molecule is COC(=O)CNC(=O)c1sc2ccc(OC)cc2c1OC(C)C. The van der Waals surface area contributed by atoms with Crippen LogP contribution in [-0.2, 0) is 9.53 Å². The molecule has 1 aromatic heterocycles. The zero-order valence-electron chi connectivity index (χ0n) is 13.5. The van der Waals surface area contributed by atoms with Crippen LogP contribution in [0.15, 0.2) is 18.2 Å². The average Bonchev–Trinajstić information content (AvgIpc) is 2.89. The van der Waals surface area contributed by atoms with Crippen LogP contribution >= 0.6 is 11.3 Å². The molecule has 0 atom stereocenters. The number of hydrogen-bond acceptors (Lipinski definition) is 6. The van der Waals surface area contributed by atoms with Crippen molar-refractivity contribution in [3.05, 3.63) is 23.1 Å². The molecule has 0 aliphatic heterocycles. The summed E-state index contributed by atoms with van der Waals surface area (Å²) in [5, 5.41) is 3.35. The van der Waals surface area contributed by atoms with E-state index in [1.165, 1.54) is 18.4 Å². The Morgan fingerprint density at radius 3 is 2.61 bits per heavy atom. The number of methoxy groups -OCH3 is 2. The van der Waals surface area contributed by atoms with E-state index in [4.69, 9.17) is 9.47 Å². The van der Waals surface area contributed by atoms with Crippen molar-refractivity contribution in [2.75, 3.05) is 20.8 Å². The zero-order valence-corrected chi connectivity index (χ0v) is 14.3. The van der Waals surface area contributed by atoms with Crippen LogP contribution in [-0.4, -0.2) is 38.7 Å². The Balaban J connectivity index is 2.40. The average molecular weight is 337 g/mol. The lowest BCUT2D eigenvalue weighted by molar-refractivity contribution is -0.139. The third-order valence-corrected chi connectivity index (χ3v) is 4.18. The molecule has 0 fully saturated rings. The van der Waals surface area contributed by atoms with E-state index >= 15 is 0 Å². The number of esters is 1. The van der Waals surface area contributed by atoms with Gasteiger partial charge in [-0.15, -0.1) is 11.3 Å². The molecule has 1 aromatic carbocycles. The summed E-state index contributed by atoms with van der Waals surface area (Å²) in [5.41, 5.74) is 0. The topological polar surface area (TPSA) is 73.9 Å². The van der Waals surface area contributed by atoms with E-state index < -0.39 is 5.97 Å². The quantitative estimate of drug-likeness (QED) is 0.820. The number of rotatable bonds is 6. The van der Waals surface area contributed by atoms with Crippen molar-refractivity contribution in [3.8, 4) is 11.5 Å². The Morgan fingerprint density at radius 1 is 1.26 bits per heavy atom. The number of carbonyl (C=O) groups excluding carboxylic acids is 2. The first-order valence-corrected chi connectivity index (χ1v) is 7.90. The maximum atomic E-state index is 12.4. The Labute approximate surface area is 138 Å². The highest BCUT2D eigenvalue weighted by Crippen LogP contribution is 2.40. The van der Waals surface area contributed by atoms with Gasteiger partial charge in [0.2, 0.25) is 0 Å². The lowest BCUT2D eigenvalue weighted by atomic mass is 10.2. The van der Waals surface area contributed by atoms with Crippen LogP contribution in [0.1, 0.15) is 23.5 Å². The number of thiophene rings is 1. The van der Waals surface area contributed by atoms with Gasteiger partial charge in [-0.1, -0.05) is 0 Å². The summed E-state index contributed by atoms with van der Waals surface area (Å²) in [6.45, 7) is 3.59. The highest BCUT2D eigenvalue weighted by atomic mass is 32.1. The smallest absolute Gasteiger partial charge is 0.325 e. The number of carbonyl (C=O) groups is 2. The van der Waals surface area contributed by atoms with Gasteiger partial charge >= 0.3 is 5.97 Å². The predicted octanol–water partition coefficient (Wildman–Crippen LogP) is 2.60. The summed E-state index contributed by atoms with van der Waals surface area (Å²) < 4.78 is 16.5. The number of ether oxygens (including phenoxy) is 3. The summed E-state index contributed by atoms with van der Waals surface area (Å²) in [4.78, 5) is 24.0. The standard InChI is InChI=1S/C16H19NO5S/c1-9(2)22-14-11-7-10(20-3)5-6-12(11)23-15(14)16(19)17-8-13(18)21-4/h5-7,9H,8H2,1-4H3,(H,17,19). The molecule has 1 N–H and O–H groups in total. The zero-order chi connectivity index (χ0) is 17.0. The number of hydrogen-bond donors (Lipinski definition) is 1. The largest absolute Gasteiger partial charge is 0.497 e. The fourth-order valence-corrected chi connectivity index (χ4v) is 3.02. The van der Waals surface area contributed by atoms with Crippen molar-refractivity contribution < 1.29 is 23.8 Å². The van der Waals surface area contributed by atoms with Crippen molar-refractivity contribution in [1.29, 1.82) is 0 Å². The number of nitrogens with one attached hydrogen (secondary N) is 1. The number of amides is 1. The maximum Gasteiger partial charge on any atom is 0.325 e. The molecule has 0 aliphatic rings. The first kappa shape index (κ1) is 17.1. The summed E-state index contributed by atoms with van der Waals surface area (Å²) in [7, 11) is 2.86. The van der Waals surface area contributed by atoms with Crippen molar-refractivity contribution in [2.24, 2.45) is 0 Å². The molecule has 124 valence electrons. The Hall–Kier alpha value is -2.28. The van der Waals surface area contributed by atoms with Gasteiger partial charge < -0.3 is 19.5 Å². The van der Waals surface area contributed by atoms with Crippen LogP contribution in [0.5, 0.6) is 11.5 Å². The van der Waals surface area contributed by atoms with E-state index in [2.05, 4.69) is 10.1 Å². The molecule has 0 saturated carbocycles. The van der Waals surface area contributed by atoms with E-state index in [-0.39, 0.29) is 18.6 Å². The van der Waals surface area contributed by atoms with Gasteiger partial charge in [0.15, 0.2) is 5.75 Å². The van der Waals surface area contributed by atoms with Crippen LogP contribution in [0.25, 0.3) is 10.1 Å². The molecule has 0 radical (unpaired) electrons. The molecule has 0 unspecified atom stereocenters. The second-order valence-electron chi connectivity index (χ2n) is 5.05. The number of benzene rings is 1. The van der Waals surface area contributed by atoms with Crippen molar-refractivity contribution in [3.63, 3.8) is 0 Å². The minimum Gasteiger partial charge on any atom is -0.497 e. The fourth-order valence-electron chi connectivity index (χ4n) is 1.99. The number of fused-ring (bicyclic) bond motifs is 1. The fraction of sp³-hybridized carbons (Fsp3) is 0.375. The molecule has 2 rings (SSSR count). The van der Waals surface area contributed by atoms with E-state index in [9.17, 15) is 9.59 Å². The molecular formula is C16H19NO5S. The third kappa shape index (κ3) is 3.92. The lowest BCUT2D eigenvalue weighted by Crippen LogP contribution is -2.30. The molecule has 0 saturated heterocycles. The summed E-state index contributed by atoms with van der Waals surface area (Å²) >= 11 is 1.31. The first-order valence-electron chi connectivity index (χ1n) is 7.08. The molecule has 23 heavy (non-hydrogen) atoms. The molecule has 1 heterocycles. The van der Waals surface area contributed by atoms with Gasteiger partial charge in [0, 0.05) is 10.1 Å². The van der Waals surface area contributed by atoms with Gasteiger partial charge in [-0.2, -0.15) is 0 Å². The second-order valence-corrected chi connectivity index (χ2v) is 6.10. The van der Waals surface area contributed by atoms with Gasteiger partial charge in [0.1, 0.15) is 17.2 Å². The predicted molar refractivity (Wildman–Crippen MR) is 88.5 cm³/mol. The third-order valence-electron chi connectivity index (χ3n) is 3.03. The molecular weight excluding hydrogens is 318 g/mol. The van der Waals surface area contributed by atoms with E-state index in [1.54, 1.807) is 7.11 Å². The van der Waals surface area contributed by atoms with Gasteiger partial charge in [0.05, 0.1) is 20.3 Å². The molecule has 2 aromatic rings. The van der Waals surface area contributed by atoms with Gasteiger partial charge in [-0.05, 0) is 32.0 Å². The minimum absolute atomic E-state index is 0.0915. The molecule has 6 nitrogen and oxygen atoms in total. The minimum atomic E-state index is -0.507. The van der Waals surface area contributed by atoms with E-state index in [0.717, 1.165) is 10.1 Å². The van der Waals surface area contributed by atoms with E-state index in [0.29, 0.717) is 16.4 Å². The van der Waals surface area contributed by atoms with Gasteiger partial charge in [-0.3, -0.25) is 9.59 Å². The van der Waals surface area contributed by atoms with Gasteiger partial charge in [0.25, 0.3) is 5.91 Å². The van der Waals surface area contributed by atoms with Crippen LogP contribution < -0.4 is 14.8 Å². The van der Waals surface area contributed by atoms with Crippen LogP contribution in [0, 0.1) is 0 Å². The molecule has 0 spiro atoms. The van der Waals surface area contributed by atoms with Crippen molar-refractivity contribution >= 4 is 33.3 Å². The van der Waals surface area contributed by atoms with Gasteiger partial charge in [-0.25, -0.2) is 0 Å². The van der Waals surface area contributed by atoms with Crippen molar-refractivity contribution in [1.82, 2.24) is 5.32 Å². The summed E-state index contributed by atoms with van der Waals surface area (Å²) in [5.74, 6) is 0.311. The Bertz CT molecular complexity index is 723. The van der Waals surface area contributed by atoms with Crippen LogP contribution in [0.3, 0.4) is 0 Å². The highest BCUT2D eigenvalue weighted by molar-refractivity contribution is 7.21. The maximum absolute atomic E-state index is 12.4. The lowest BCUT2D eigenvalue weighted by Gasteiger charge is -2.11. The highest BCUT2D eigenvalue weighted by Gasteiger charge is 2.21. The van der Waals surface area contributed by atoms with Crippen LogP contribution in [0.2, 0.25) is 0 Å². The Kier molecular flexibility index (Phi) is 5.44. The van der Waals surface area contributed by atoms with Crippen molar-refractivity contribution in [2.45, 2.75) is 20.0 Å². The van der Waals surface area contributed by atoms with E-state index in [1.807, 2.05) is 32.0 Å². The normalized spacial score (nSPS) is 10.7. The summed E-state index contributed by atoms with van der Waals surface area (Å²) in [6.07, 6.45) is -0.0915. The second kappa shape index (κ2) is 7.32. The monoisotopic (exact) mass is 337 g/mol. The molecule has 1 amide bonds.